The molecule has 1 fully saturated rings. The average Bonchev–Trinajstić information content (AvgIpc) is 3.30. The first kappa shape index (κ1) is 31.2. The number of amides is 1. The predicted octanol–water partition coefficient (Wildman–Crippen LogP) is 7.24. The first-order chi connectivity index (χ1) is 21.2. The quantitative estimate of drug-likeness (QED) is 0.157. The Morgan fingerprint density at radius 1 is 1.00 bits per heavy atom. The molecule has 3 aromatic carbocycles. The van der Waals surface area contributed by atoms with Gasteiger partial charge in [0.15, 0.2) is 21.9 Å². The summed E-state index contributed by atoms with van der Waals surface area (Å²) in [6, 6.07) is 16.7. The molecule has 12 heteroatoms. The van der Waals surface area contributed by atoms with Crippen LogP contribution in [-0.2, 0) is 20.8 Å². The van der Waals surface area contributed by atoms with E-state index < -0.39 is 23.9 Å². The number of anilines is 1. The number of benzene rings is 3. The molecule has 8 nitrogen and oxygen atoms in total. The number of thiazole rings is 1. The van der Waals surface area contributed by atoms with E-state index in [2.05, 4.69) is 5.32 Å². The Labute approximate surface area is 260 Å². The van der Waals surface area contributed by atoms with E-state index in [-0.39, 0.29) is 30.3 Å². The fourth-order valence-corrected chi connectivity index (χ4v) is 6.08. The van der Waals surface area contributed by atoms with Crippen LogP contribution in [0.4, 0.5) is 14.5 Å². The topological polar surface area (TPSA) is 110 Å². The highest BCUT2D eigenvalue weighted by molar-refractivity contribution is 7.73. The maximum absolute atomic E-state index is 14.0. The van der Waals surface area contributed by atoms with E-state index in [4.69, 9.17) is 26.8 Å². The lowest BCUT2D eigenvalue weighted by molar-refractivity contribution is -0.175. The molecule has 0 spiro atoms. The van der Waals surface area contributed by atoms with Gasteiger partial charge in [-0.2, -0.15) is 0 Å². The van der Waals surface area contributed by atoms with Gasteiger partial charge in [0.05, 0.1) is 23.7 Å². The molecule has 5 rings (SSSR count). The second-order valence-electron chi connectivity index (χ2n) is 9.94. The van der Waals surface area contributed by atoms with Crippen LogP contribution in [0.15, 0.2) is 72.8 Å². The van der Waals surface area contributed by atoms with Gasteiger partial charge in [-0.3, -0.25) is 9.36 Å². The Balaban J connectivity index is 1.41. The van der Waals surface area contributed by atoms with Gasteiger partial charge in [-0.15, -0.1) is 11.3 Å². The molecule has 1 aromatic heterocycles. The first-order valence-electron chi connectivity index (χ1n) is 13.7. The molecular formula is C32H28F2N2O6S2. The second-order valence-corrected chi connectivity index (χ2v) is 11.6. The van der Waals surface area contributed by atoms with Crippen molar-refractivity contribution in [2.45, 2.75) is 32.1 Å². The summed E-state index contributed by atoms with van der Waals surface area (Å²) >= 11 is 6.75. The molecule has 1 amide bonds. The minimum atomic E-state index is -1.07. The number of nitrogens with zero attached hydrogens (tertiary/aromatic N) is 1. The van der Waals surface area contributed by atoms with Gasteiger partial charge in [0, 0.05) is 30.6 Å². The molecule has 3 N–H and O–H groups in total. The van der Waals surface area contributed by atoms with Crippen LogP contribution >= 0.6 is 23.6 Å². The first-order valence-corrected chi connectivity index (χ1v) is 15.0. The zero-order valence-corrected chi connectivity index (χ0v) is 24.9. The van der Waals surface area contributed by atoms with Crippen molar-refractivity contribution in [2.75, 3.05) is 18.5 Å². The van der Waals surface area contributed by atoms with Crippen molar-refractivity contribution in [3.05, 3.63) is 104 Å². The van der Waals surface area contributed by atoms with Crippen LogP contribution in [-0.4, -0.2) is 46.2 Å². The van der Waals surface area contributed by atoms with Gasteiger partial charge in [0.25, 0.3) is 0 Å². The normalized spacial score (nSPS) is 14.0. The van der Waals surface area contributed by atoms with E-state index in [0.717, 1.165) is 18.6 Å². The van der Waals surface area contributed by atoms with Gasteiger partial charge in [-0.25, -0.2) is 13.6 Å². The zero-order chi connectivity index (χ0) is 31.2. The molecule has 1 saturated heterocycles. The van der Waals surface area contributed by atoms with Gasteiger partial charge in [0.1, 0.15) is 0 Å². The third-order valence-electron chi connectivity index (χ3n) is 6.93. The summed E-state index contributed by atoms with van der Waals surface area (Å²) in [5.41, 5.74) is 3.02. The van der Waals surface area contributed by atoms with Gasteiger partial charge in [-0.1, -0.05) is 30.3 Å². The SMILES string of the molecule is O=C(CCn1c(O)c(C(=CCC2OCCCO2)c2cccc(-c3ccc(F)c(F)c3)c2)sc1=S)Nc1ccc(C(=O)O)cc1. The lowest BCUT2D eigenvalue weighted by Gasteiger charge is -2.22. The van der Waals surface area contributed by atoms with E-state index in [1.807, 2.05) is 18.2 Å². The Morgan fingerprint density at radius 2 is 1.73 bits per heavy atom. The molecule has 0 radical (unpaired) electrons. The van der Waals surface area contributed by atoms with Crippen LogP contribution in [0.2, 0.25) is 0 Å². The molecule has 1 aliphatic rings. The Hall–Kier alpha value is -4.23. The number of aromatic carboxylic acids is 1. The summed E-state index contributed by atoms with van der Waals surface area (Å²) < 4.78 is 40.8. The van der Waals surface area contributed by atoms with Crippen LogP contribution in [0.3, 0.4) is 0 Å². The lowest BCUT2D eigenvalue weighted by Crippen LogP contribution is -2.24. The molecule has 4 aromatic rings. The van der Waals surface area contributed by atoms with Crippen LogP contribution in [0.5, 0.6) is 5.88 Å². The number of hydrogen-bond donors (Lipinski definition) is 3. The number of hydrogen-bond acceptors (Lipinski definition) is 7. The number of carboxylic acids is 1. The Morgan fingerprint density at radius 3 is 2.43 bits per heavy atom. The summed E-state index contributed by atoms with van der Waals surface area (Å²) in [5, 5.41) is 23.1. The summed E-state index contributed by atoms with van der Waals surface area (Å²) in [6.45, 7) is 1.24. The number of carboxylic acid groups (broad SMARTS) is 1. The van der Waals surface area contributed by atoms with Crippen molar-refractivity contribution >= 4 is 46.7 Å². The van der Waals surface area contributed by atoms with E-state index >= 15 is 0 Å². The molecule has 1 aliphatic heterocycles. The van der Waals surface area contributed by atoms with Crippen molar-refractivity contribution in [1.29, 1.82) is 0 Å². The fraction of sp³-hybridized carbons (Fsp3) is 0.219. The Bertz CT molecular complexity index is 1760. The van der Waals surface area contributed by atoms with Crippen LogP contribution in [0, 0.1) is 15.6 Å². The largest absolute Gasteiger partial charge is 0.493 e. The van der Waals surface area contributed by atoms with Gasteiger partial charge < -0.3 is 25.0 Å². The van der Waals surface area contributed by atoms with Crippen LogP contribution in [0.1, 0.15) is 40.1 Å². The molecule has 228 valence electrons. The van der Waals surface area contributed by atoms with Crippen molar-refractivity contribution in [3.63, 3.8) is 0 Å². The van der Waals surface area contributed by atoms with Crippen molar-refractivity contribution < 1.29 is 38.1 Å². The van der Waals surface area contributed by atoms with E-state index in [1.165, 1.54) is 46.2 Å². The van der Waals surface area contributed by atoms with Crippen molar-refractivity contribution in [3.8, 4) is 17.0 Å². The van der Waals surface area contributed by atoms with E-state index in [9.17, 15) is 23.5 Å². The zero-order valence-electron chi connectivity index (χ0n) is 23.3. The maximum Gasteiger partial charge on any atom is 0.335 e. The highest BCUT2D eigenvalue weighted by Gasteiger charge is 2.21. The number of aromatic hydroxyl groups is 1. The number of nitrogens with one attached hydrogen (secondary N) is 1. The maximum atomic E-state index is 14.0. The molecule has 0 atom stereocenters. The highest BCUT2D eigenvalue weighted by atomic mass is 32.1. The van der Waals surface area contributed by atoms with Crippen LogP contribution in [0.25, 0.3) is 16.7 Å². The van der Waals surface area contributed by atoms with E-state index in [0.29, 0.717) is 56.4 Å². The Kier molecular flexibility index (Phi) is 9.95. The van der Waals surface area contributed by atoms with Gasteiger partial charge in [-0.05, 0) is 77.8 Å². The second kappa shape index (κ2) is 14.0. The number of carbonyl (C=O) groups is 2. The van der Waals surface area contributed by atoms with E-state index in [1.54, 1.807) is 12.1 Å². The average molecular weight is 639 g/mol. The number of rotatable bonds is 10. The summed E-state index contributed by atoms with van der Waals surface area (Å²) in [4.78, 5) is 24.2. The monoisotopic (exact) mass is 638 g/mol. The molecule has 0 saturated carbocycles. The third-order valence-corrected chi connectivity index (χ3v) is 8.40. The molecular weight excluding hydrogens is 610 g/mol. The highest BCUT2D eigenvalue weighted by Crippen LogP contribution is 2.38. The number of aromatic nitrogens is 1. The van der Waals surface area contributed by atoms with Crippen molar-refractivity contribution in [1.82, 2.24) is 4.57 Å². The minimum absolute atomic E-state index is 0.00681. The minimum Gasteiger partial charge on any atom is -0.493 e. The number of carbonyl (C=O) groups excluding carboxylic acids is 1. The van der Waals surface area contributed by atoms with Crippen LogP contribution < -0.4 is 5.32 Å². The molecule has 0 aliphatic carbocycles. The smallest absolute Gasteiger partial charge is 0.335 e. The van der Waals surface area contributed by atoms with Gasteiger partial charge >= 0.3 is 5.97 Å². The predicted molar refractivity (Wildman–Crippen MR) is 165 cm³/mol. The standard InChI is InChI=1S/C32H28F2N2O6S2/c33-25-11-7-21(18-26(25)34)20-3-1-4-22(17-20)24(10-12-28-41-15-2-16-42-28)29-30(38)36(32(43)44-29)14-13-27(37)35-23-8-5-19(6-9-23)31(39)40/h1,3-11,17-18,28,38H,2,12-16H2,(H,35,37)(H,39,40). The fourth-order valence-electron chi connectivity index (χ4n) is 4.67. The molecule has 2 heterocycles. The summed E-state index contributed by atoms with van der Waals surface area (Å²) in [6.07, 6.45) is 2.61. The van der Waals surface area contributed by atoms with Gasteiger partial charge in [0.2, 0.25) is 11.8 Å². The van der Waals surface area contributed by atoms with Crippen molar-refractivity contribution in [2.24, 2.45) is 0 Å². The molecule has 0 unspecified atom stereocenters. The lowest BCUT2D eigenvalue weighted by atomic mass is 9.97. The third kappa shape index (κ3) is 7.45. The summed E-state index contributed by atoms with van der Waals surface area (Å²) in [5.74, 6) is -3.42. The molecule has 0 bridgehead atoms. The molecule has 44 heavy (non-hydrogen) atoms. The number of ether oxygens (including phenoxy) is 2. The summed E-state index contributed by atoms with van der Waals surface area (Å²) in [7, 11) is 0. The number of halogens is 2.